The molecule has 0 spiro atoms. The fraction of sp³-hybridized carbons (Fsp3) is 0.417. The molecule has 4 heterocycles. The van der Waals surface area contributed by atoms with Gasteiger partial charge in [0.1, 0.15) is 30.1 Å². The molecule has 0 unspecified atom stereocenters. The number of nitrogens with zero attached hydrogens (tertiary/aromatic N) is 3. The maximum Gasteiger partial charge on any atom is 0.415 e. The highest BCUT2D eigenvalue weighted by Crippen LogP contribution is 2.35. The standard InChI is InChI=1S/C24H26FN5O6/c25-17-1-2-18-23(29(7-8-31)22(33)11-27-18)16(17)5-6-26-10-15-12-30(24(34)36-15)21-4-3-20-19(28-21)9-14(32)13-35-20/h1-4,15,26-27,31H,5-13H2/t15-/m0/s1. The van der Waals surface area contributed by atoms with Gasteiger partial charge in [0.05, 0.1) is 43.2 Å². The number of hydrogen-bond donors (Lipinski definition) is 3. The minimum Gasteiger partial charge on any atom is -0.484 e. The molecule has 12 heteroatoms. The van der Waals surface area contributed by atoms with E-state index in [0.29, 0.717) is 47.3 Å². The number of hydrogen-bond acceptors (Lipinski definition) is 9. The summed E-state index contributed by atoms with van der Waals surface area (Å²) in [6, 6.07) is 6.29. The summed E-state index contributed by atoms with van der Waals surface area (Å²) in [6.45, 7) is 0.942. The largest absolute Gasteiger partial charge is 0.484 e. The number of ketones is 1. The van der Waals surface area contributed by atoms with Crippen LogP contribution in [0.2, 0.25) is 0 Å². The molecule has 3 aliphatic rings. The van der Waals surface area contributed by atoms with E-state index in [0.717, 1.165) is 0 Å². The van der Waals surface area contributed by atoms with Crippen molar-refractivity contribution in [2.24, 2.45) is 0 Å². The number of aliphatic hydroxyl groups excluding tert-OH is 1. The molecule has 3 aliphatic heterocycles. The Hall–Kier alpha value is -3.77. The summed E-state index contributed by atoms with van der Waals surface area (Å²) in [5.41, 5.74) is 1.95. The Kier molecular flexibility index (Phi) is 6.70. The molecule has 0 bridgehead atoms. The summed E-state index contributed by atoms with van der Waals surface area (Å²) in [4.78, 5) is 43.6. The Balaban J connectivity index is 1.19. The monoisotopic (exact) mass is 499 g/mol. The lowest BCUT2D eigenvalue weighted by molar-refractivity contribution is -0.121. The maximum atomic E-state index is 14.7. The zero-order valence-corrected chi connectivity index (χ0v) is 19.5. The molecule has 190 valence electrons. The third kappa shape index (κ3) is 4.69. The second-order valence-electron chi connectivity index (χ2n) is 8.73. The van der Waals surface area contributed by atoms with E-state index in [9.17, 15) is 23.9 Å². The van der Waals surface area contributed by atoms with Crippen molar-refractivity contribution in [1.82, 2.24) is 10.3 Å². The van der Waals surface area contributed by atoms with Crippen molar-refractivity contribution < 1.29 is 33.4 Å². The Bertz CT molecular complexity index is 1210. The quantitative estimate of drug-likeness (QED) is 0.447. The molecular formula is C24H26FN5O6. The molecule has 1 saturated heterocycles. The van der Waals surface area contributed by atoms with Crippen LogP contribution >= 0.6 is 0 Å². The Morgan fingerprint density at radius 2 is 2.08 bits per heavy atom. The summed E-state index contributed by atoms with van der Waals surface area (Å²) in [7, 11) is 0. The molecule has 2 aromatic rings. The van der Waals surface area contributed by atoms with Crippen molar-refractivity contribution in [1.29, 1.82) is 0 Å². The normalized spacial score (nSPS) is 18.9. The van der Waals surface area contributed by atoms with Gasteiger partial charge in [-0.15, -0.1) is 0 Å². The average molecular weight is 499 g/mol. The number of halogens is 1. The molecule has 5 rings (SSSR count). The van der Waals surface area contributed by atoms with Gasteiger partial charge in [-0.25, -0.2) is 14.2 Å². The van der Waals surface area contributed by atoms with E-state index < -0.39 is 18.0 Å². The molecule has 11 nitrogen and oxygen atoms in total. The first-order valence-electron chi connectivity index (χ1n) is 11.7. The van der Waals surface area contributed by atoms with Crippen LogP contribution in [0.15, 0.2) is 24.3 Å². The summed E-state index contributed by atoms with van der Waals surface area (Å²) in [5.74, 6) is 0.178. The number of benzene rings is 1. The highest BCUT2D eigenvalue weighted by atomic mass is 19.1. The summed E-state index contributed by atoms with van der Waals surface area (Å²) in [6.07, 6.45) is -0.536. The van der Waals surface area contributed by atoms with Crippen LogP contribution in [0.3, 0.4) is 0 Å². The predicted molar refractivity (Wildman–Crippen MR) is 127 cm³/mol. The van der Waals surface area contributed by atoms with E-state index in [4.69, 9.17) is 9.47 Å². The van der Waals surface area contributed by atoms with Crippen LogP contribution in [0.1, 0.15) is 11.3 Å². The van der Waals surface area contributed by atoms with Gasteiger partial charge in [-0.2, -0.15) is 0 Å². The minimum absolute atomic E-state index is 0.0233. The van der Waals surface area contributed by atoms with Crippen LogP contribution in [0, 0.1) is 5.82 Å². The van der Waals surface area contributed by atoms with Crippen molar-refractivity contribution in [3.05, 3.63) is 41.3 Å². The molecule has 3 N–H and O–H groups in total. The van der Waals surface area contributed by atoms with E-state index in [-0.39, 0.29) is 57.4 Å². The Labute approximate surface area is 206 Å². The molecule has 0 saturated carbocycles. The topological polar surface area (TPSA) is 133 Å². The number of nitrogens with one attached hydrogen (secondary N) is 2. The van der Waals surface area contributed by atoms with E-state index in [1.807, 2.05) is 0 Å². The highest BCUT2D eigenvalue weighted by Gasteiger charge is 2.34. The van der Waals surface area contributed by atoms with Gasteiger partial charge in [-0.1, -0.05) is 0 Å². The number of aromatic nitrogens is 1. The van der Waals surface area contributed by atoms with Crippen LogP contribution < -0.4 is 25.2 Å². The van der Waals surface area contributed by atoms with Crippen LogP contribution in [-0.2, 0) is 27.2 Å². The van der Waals surface area contributed by atoms with Crippen molar-refractivity contribution >= 4 is 35.0 Å². The number of carbonyl (C=O) groups excluding carboxylic acids is 3. The predicted octanol–water partition coefficient (Wildman–Crippen LogP) is 0.633. The summed E-state index contributed by atoms with van der Waals surface area (Å²) in [5, 5.41) is 15.5. The van der Waals surface area contributed by atoms with Gasteiger partial charge >= 0.3 is 6.09 Å². The highest BCUT2D eigenvalue weighted by molar-refractivity contribution is 6.03. The fourth-order valence-corrected chi connectivity index (χ4v) is 4.60. The van der Waals surface area contributed by atoms with Gasteiger partial charge in [0.25, 0.3) is 0 Å². The molecule has 36 heavy (non-hydrogen) atoms. The molecule has 1 atom stereocenters. The molecule has 1 aromatic carbocycles. The second kappa shape index (κ2) is 10.1. The number of Topliss-reactive ketones (excluding diaryl/α,β-unsaturated/α-hetero) is 1. The number of ether oxygens (including phenoxy) is 2. The van der Waals surface area contributed by atoms with Crippen molar-refractivity contribution in [3.8, 4) is 5.75 Å². The number of pyridine rings is 1. The lowest BCUT2D eigenvalue weighted by Gasteiger charge is -2.32. The maximum absolute atomic E-state index is 14.7. The van der Waals surface area contributed by atoms with Crippen LogP contribution in [0.4, 0.5) is 26.4 Å². The first kappa shape index (κ1) is 23.9. The van der Waals surface area contributed by atoms with E-state index in [1.54, 1.807) is 18.2 Å². The number of amides is 2. The van der Waals surface area contributed by atoms with E-state index in [1.165, 1.54) is 15.9 Å². The first-order valence-corrected chi connectivity index (χ1v) is 11.7. The van der Waals surface area contributed by atoms with Gasteiger partial charge in [0.2, 0.25) is 5.91 Å². The molecule has 1 fully saturated rings. The van der Waals surface area contributed by atoms with Gasteiger partial charge in [-0.3, -0.25) is 14.5 Å². The third-order valence-corrected chi connectivity index (χ3v) is 6.30. The molecule has 1 aromatic heterocycles. The number of aliphatic hydroxyl groups is 1. The van der Waals surface area contributed by atoms with Crippen molar-refractivity contribution in [2.45, 2.75) is 18.9 Å². The summed E-state index contributed by atoms with van der Waals surface area (Å²) >= 11 is 0. The Morgan fingerprint density at radius 3 is 2.92 bits per heavy atom. The number of β-amino-alcohol motifs (C(OH)–C–C–N with tert-alkyl or cyclic N) is 1. The smallest absolute Gasteiger partial charge is 0.415 e. The molecule has 2 amide bonds. The van der Waals surface area contributed by atoms with Crippen molar-refractivity contribution in [3.63, 3.8) is 0 Å². The summed E-state index contributed by atoms with van der Waals surface area (Å²) < 4.78 is 25.5. The molecular weight excluding hydrogens is 473 g/mol. The fourth-order valence-electron chi connectivity index (χ4n) is 4.60. The minimum atomic E-state index is -0.537. The molecule has 0 radical (unpaired) electrons. The number of anilines is 3. The third-order valence-electron chi connectivity index (χ3n) is 6.30. The first-order chi connectivity index (χ1) is 17.4. The molecule has 0 aliphatic carbocycles. The van der Waals surface area contributed by atoms with Gasteiger partial charge in [0, 0.05) is 18.7 Å². The van der Waals surface area contributed by atoms with Gasteiger partial charge in [-0.05, 0) is 37.2 Å². The lowest BCUT2D eigenvalue weighted by Crippen LogP contribution is -2.42. The van der Waals surface area contributed by atoms with E-state index >= 15 is 0 Å². The lowest BCUT2D eigenvalue weighted by atomic mass is 10.0. The number of carbonyl (C=O) groups is 3. The number of fused-ring (bicyclic) bond motifs is 2. The van der Waals surface area contributed by atoms with Gasteiger partial charge in [0.15, 0.2) is 5.78 Å². The van der Waals surface area contributed by atoms with Crippen LogP contribution in [0.25, 0.3) is 0 Å². The average Bonchev–Trinajstić information content (AvgIpc) is 3.24. The van der Waals surface area contributed by atoms with Crippen LogP contribution in [-0.4, -0.2) is 79.9 Å². The van der Waals surface area contributed by atoms with Crippen molar-refractivity contribution in [2.75, 3.05) is 61.1 Å². The zero-order chi connectivity index (χ0) is 25.2. The number of rotatable bonds is 8. The van der Waals surface area contributed by atoms with E-state index in [2.05, 4.69) is 15.6 Å². The zero-order valence-electron chi connectivity index (χ0n) is 19.5. The Morgan fingerprint density at radius 1 is 1.22 bits per heavy atom. The SMILES string of the molecule is O=C1COc2ccc(N3C[C@H](CNCCc4c(F)ccc5c4N(CCO)C(=O)CN5)OC3=O)nc2C1. The van der Waals surface area contributed by atoms with Crippen LogP contribution in [0.5, 0.6) is 5.75 Å². The number of cyclic esters (lactones) is 1. The van der Waals surface area contributed by atoms with Gasteiger partial charge < -0.3 is 30.1 Å². The second-order valence-corrected chi connectivity index (χ2v) is 8.73.